The molecule has 2 nitrogen and oxygen atoms in total. The largest absolute Gasteiger partial charge is 0.462 e. The lowest BCUT2D eigenvalue weighted by Crippen LogP contribution is -2.06. The van der Waals surface area contributed by atoms with E-state index >= 15 is 0 Å². The van der Waals surface area contributed by atoms with E-state index < -0.39 is 0 Å². The molecule has 17 heavy (non-hydrogen) atoms. The smallest absolute Gasteiger partial charge is 0.341 e. The molecule has 0 aromatic heterocycles. The van der Waals surface area contributed by atoms with Gasteiger partial charge in [0.05, 0.1) is 12.2 Å². The SMILES string of the molecule is CCCC(=C=Cc1ccccc1)C(=O)OCC. The molecule has 0 amide bonds. The highest BCUT2D eigenvalue weighted by molar-refractivity contribution is 5.88. The number of ether oxygens (including phenoxy) is 1. The number of rotatable bonds is 5. The van der Waals surface area contributed by atoms with Gasteiger partial charge in [-0.15, -0.1) is 5.73 Å². The fourth-order valence-electron chi connectivity index (χ4n) is 1.42. The first kappa shape index (κ1) is 13.3. The lowest BCUT2D eigenvalue weighted by atomic mass is 10.1. The Bertz CT molecular complexity index is 412. The van der Waals surface area contributed by atoms with Gasteiger partial charge in [0.2, 0.25) is 0 Å². The minimum atomic E-state index is -0.262. The maximum atomic E-state index is 11.6. The molecule has 1 aromatic rings. The molecule has 0 atom stereocenters. The molecule has 2 heteroatoms. The second-order valence-corrected chi connectivity index (χ2v) is 3.65. The first-order valence-corrected chi connectivity index (χ1v) is 5.95. The van der Waals surface area contributed by atoms with Gasteiger partial charge < -0.3 is 4.74 Å². The summed E-state index contributed by atoms with van der Waals surface area (Å²) in [6.07, 6.45) is 3.42. The van der Waals surface area contributed by atoms with Gasteiger partial charge in [0.1, 0.15) is 0 Å². The van der Waals surface area contributed by atoms with Gasteiger partial charge in [0.25, 0.3) is 0 Å². The second-order valence-electron chi connectivity index (χ2n) is 3.65. The summed E-state index contributed by atoms with van der Waals surface area (Å²) < 4.78 is 4.99. The Hall–Kier alpha value is -1.79. The van der Waals surface area contributed by atoms with Crippen molar-refractivity contribution in [3.8, 4) is 0 Å². The predicted molar refractivity (Wildman–Crippen MR) is 69.5 cm³/mol. The van der Waals surface area contributed by atoms with E-state index in [0.29, 0.717) is 18.6 Å². The van der Waals surface area contributed by atoms with E-state index in [9.17, 15) is 4.79 Å². The van der Waals surface area contributed by atoms with Gasteiger partial charge in [-0.05, 0) is 25.0 Å². The Morgan fingerprint density at radius 1 is 1.29 bits per heavy atom. The van der Waals surface area contributed by atoms with Gasteiger partial charge in [0.15, 0.2) is 0 Å². The van der Waals surface area contributed by atoms with Crippen LogP contribution in [0.3, 0.4) is 0 Å². The van der Waals surface area contributed by atoms with E-state index in [0.717, 1.165) is 12.0 Å². The summed E-state index contributed by atoms with van der Waals surface area (Å²) >= 11 is 0. The molecule has 1 aromatic carbocycles. The zero-order valence-corrected chi connectivity index (χ0v) is 10.4. The Morgan fingerprint density at radius 2 is 2.00 bits per heavy atom. The van der Waals surface area contributed by atoms with Crippen LogP contribution in [-0.2, 0) is 9.53 Å². The molecular weight excluding hydrogens is 212 g/mol. The van der Waals surface area contributed by atoms with Gasteiger partial charge >= 0.3 is 5.97 Å². The van der Waals surface area contributed by atoms with E-state index in [1.807, 2.05) is 50.3 Å². The van der Waals surface area contributed by atoms with Crippen molar-refractivity contribution in [2.45, 2.75) is 26.7 Å². The van der Waals surface area contributed by atoms with Crippen molar-refractivity contribution in [1.29, 1.82) is 0 Å². The van der Waals surface area contributed by atoms with E-state index in [4.69, 9.17) is 4.74 Å². The molecule has 0 aliphatic carbocycles. The molecule has 0 saturated carbocycles. The number of carbonyl (C=O) groups excluding carboxylic acids is 1. The van der Waals surface area contributed by atoms with Crippen LogP contribution in [0.5, 0.6) is 0 Å². The van der Waals surface area contributed by atoms with Crippen LogP contribution < -0.4 is 0 Å². The predicted octanol–water partition coefficient (Wildman–Crippen LogP) is 3.59. The molecule has 0 fully saturated rings. The highest BCUT2D eigenvalue weighted by Gasteiger charge is 2.07. The maximum absolute atomic E-state index is 11.6. The van der Waals surface area contributed by atoms with Crippen LogP contribution in [0.25, 0.3) is 6.08 Å². The third kappa shape index (κ3) is 4.71. The third-order valence-electron chi connectivity index (χ3n) is 2.23. The van der Waals surface area contributed by atoms with Crippen LogP contribution in [0.1, 0.15) is 32.3 Å². The Balaban J connectivity index is 2.89. The van der Waals surface area contributed by atoms with E-state index in [1.54, 1.807) is 0 Å². The standard InChI is InChI=1S/C15H18O2/c1-3-8-14(15(16)17-4-2)12-11-13-9-6-5-7-10-13/h5-7,9-11H,3-4,8H2,1-2H3. The van der Waals surface area contributed by atoms with Crippen LogP contribution in [0.4, 0.5) is 0 Å². The van der Waals surface area contributed by atoms with Crippen LogP contribution >= 0.6 is 0 Å². The molecule has 1 rings (SSSR count). The van der Waals surface area contributed by atoms with Crippen LogP contribution in [0.2, 0.25) is 0 Å². The Morgan fingerprint density at radius 3 is 2.59 bits per heavy atom. The number of esters is 1. The van der Waals surface area contributed by atoms with Crippen molar-refractivity contribution >= 4 is 12.0 Å². The minimum absolute atomic E-state index is 0.262. The number of hydrogen-bond acceptors (Lipinski definition) is 2. The third-order valence-corrected chi connectivity index (χ3v) is 2.23. The monoisotopic (exact) mass is 230 g/mol. The first-order chi connectivity index (χ1) is 8.27. The van der Waals surface area contributed by atoms with Crippen molar-refractivity contribution in [2.24, 2.45) is 0 Å². The normalized spacial score (nSPS) is 9.29. The van der Waals surface area contributed by atoms with Crippen molar-refractivity contribution in [3.05, 3.63) is 47.2 Å². The molecule has 0 N–H and O–H groups in total. The summed E-state index contributed by atoms with van der Waals surface area (Å²) in [6.45, 7) is 4.24. The lowest BCUT2D eigenvalue weighted by Gasteiger charge is -2.02. The summed E-state index contributed by atoms with van der Waals surface area (Å²) in [6, 6.07) is 9.82. The topological polar surface area (TPSA) is 26.3 Å². The first-order valence-electron chi connectivity index (χ1n) is 5.95. The molecular formula is C15H18O2. The Kier molecular flexibility index (Phi) is 5.84. The second kappa shape index (κ2) is 7.48. The van der Waals surface area contributed by atoms with E-state index in [2.05, 4.69) is 5.73 Å². The van der Waals surface area contributed by atoms with E-state index in [1.165, 1.54) is 0 Å². The summed E-state index contributed by atoms with van der Waals surface area (Å²) in [5, 5.41) is 0. The molecule has 0 spiro atoms. The molecule has 0 unspecified atom stereocenters. The van der Waals surface area contributed by atoms with Crippen molar-refractivity contribution in [1.82, 2.24) is 0 Å². The number of carbonyl (C=O) groups is 1. The quantitative estimate of drug-likeness (QED) is 0.439. The molecule has 0 radical (unpaired) electrons. The van der Waals surface area contributed by atoms with Crippen molar-refractivity contribution < 1.29 is 9.53 Å². The van der Waals surface area contributed by atoms with Gasteiger partial charge in [0, 0.05) is 0 Å². The fraction of sp³-hybridized carbons (Fsp3) is 0.333. The van der Waals surface area contributed by atoms with Gasteiger partial charge in [-0.2, -0.15) is 0 Å². The van der Waals surface area contributed by atoms with Crippen LogP contribution in [-0.4, -0.2) is 12.6 Å². The average Bonchev–Trinajstić information content (AvgIpc) is 2.36. The molecule has 0 aliphatic heterocycles. The number of hydrogen-bond donors (Lipinski definition) is 0. The molecule has 0 saturated heterocycles. The highest BCUT2D eigenvalue weighted by atomic mass is 16.5. The summed E-state index contributed by atoms with van der Waals surface area (Å²) in [4.78, 5) is 11.6. The van der Waals surface area contributed by atoms with Gasteiger partial charge in [-0.25, -0.2) is 4.79 Å². The van der Waals surface area contributed by atoms with Crippen LogP contribution in [0.15, 0.2) is 41.6 Å². The van der Waals surface area contributed by atoms with Gasteiger partial charge in [-0.1, -0.05) is 43.7 Å². The molecule has 90 valence electrons. The van der Waals surface area contributed by atoms with Crippen molar-refractivity contribution in [2.75, 3.05) is 6.61 Å². The summed E-state index contributed by atoms with van der Waals surface area (Å²) in [7, 11) is 0. The van der Waals surface area contributed by atoms with Gasteiger partial charge in [-0.3, -0.25) is 0 Å². The maximum Gasteiger partial charge on any atom is 0.341 e. The molecule has 0 bridgehead atoms. The van der Waals surface area contributed by atoms with Crippen LogP contribution in [0, 0.1) is 0 Å². The lowest BCUT2D eigenvalue weighted by molar-refractivity contribution is -0.138. The summed E-state index contributed by atoms with van der Waals surface area (Å²) in [5.41, 5.74) is 4.68. The average molecular weight is 230 g/mol. The fourth-order valence-corrected chi connectivity index (χ4v) is 1.42. The highest BCUT2D eigenvalue weighted by Crippen LogP contribution is 2.08. The zero-order chi connectivity index (χ0) is 12.5. The Labute approximate surface area is 103 Å². The molecule has 0 heterocycles. The van der Waals surface area contributed by atoms with E-state index in [-0.39, 0.29) is 5.97 Å². The summed E-state index contributed by atoms with van der Waals surface area (Å²) in [5.74, 6) is -0.262. The van der Waals surface area contributed by atoms with Crippen molar-refractivity contribution in [3.63, 3.8) is 0 Å². The minimum Gasteiger partial charge on any atom is -0.462 e. The zero-order valence-electron chi connectivity index (χ0n) is 10.4. The molecule has 0 aliphatic rings. The number of benzene rings is 1.